The fourth-order valence-corrected chi connectivity index (χ4v) is 7.53. The normalized spacial score (nSPS) is 20.7. The smallest absolute Gasteiger partial charge is 0.166 e. The summed E-state index contributed by atoms with van der Waals surface area (Å²) in [5.74, 6) is 0.794. The van der Waals surface area contributed by atoms with E-state index in [4.69, 9.17) is 0 Å². The minimum absolute atomic E-state index is 0.189. The Bertz CT molecular complexity index is 1360. The molecule has 0 aliphatic heterocycles. The van der Waals surface area contributed by atoms with Crippen LogP contribution in [-0.4, -0.2) is 0 Å². The summed E-state index contributed by atoms with van der Waals surface area (Å²) in [6.45, 7) is 4.38. The number of rotatable bonds is 12. The van der Waals surface area contributed by atoms with Crippen LogP contribution in [0.2, 0.25) is 0 Å². The molecular weight excluding hydrogens is 537 g/mol. The van der Waals surface area contributed by atoms with Crippen molar-refractivity contribution in [1.82, 2.24) is 0 Å². The minimum Gasteiger partial charge on any atom is -0.206 e. The maximum absolute atomic E-state index is 15.4. The Morgan fingerprint density at radius 2 is 1.30 bits per heavy atom. The van der Waals surface area contributed by atoms with E-state index >= 15 is 4.39 Å². The predicted molar refractivity (Wildman–Crippen MR) is 175 cm³/mol. The molecule has 0 spiro atoms. The van der Waals surface area contributed by atoms with E-state index in [-0.39, 0.29) is 11.4 Å². The predicted octanol–water partition coefficient (Wildman–Crippen LogP) is 12.7. The van der Waals surface area contributed by atoms with Gasteiger partial charge in [0.15, 0.2) is 11.6 Å². The molecule has 0 nitrogen and oxygen atoms in total. The van der Waals surface area contributed by atoms with Crippen molar-refractivity contribution >= 4 is 5.57 Å². The average molecular weight is 587 g/mol. The summed E-state index contributed by atoms with van der Waals surface area (Å²) in [6.07, 6.45) is 20.0. The molecule has 3 heteroatoms. The molecule has 230 valence electrons. The number of aryl methyl sites for hydroxylation is 1. The van der Waals surface area contributed by atoms with Crippen LogP contribution in [0.15, 0.2) is 60.7 Å². The number of halogens is 3. The lowest BCUT2D eigenvalue weighted by Gasteiger charge is -2.35. The molecule has 3 aromatic carbocycles. The van der Waals surface area contributed by atoms with Crippen LogP contribution in [0, 0.1) is 35.2 Å². The zero-order valence-corrected chi connectivity index (χ0v) is 26.2. The number of unbranched alkanes of at least 4 members (excludes halogenated alkanes) is 4. The van der Waals surface area contributed by atoms with Gasteiger partial charge >= 0.3 is 0 Å². The highest BCUT2D eigenvalue weighted by molar-refractivity contribution is 5.74. The van der Waals surface area contributed by atoms with E-state index in [0.717, 1.165) is 78.5 Å². The number of hydrogen-bond donors (Lipinski definition) is 0. The minimum atomic E-state index is -0.796. The van der Waals surface area contributed by atoms with E-state index in [0.29, 0.717) is 17.5 Å². The molecule has 0 bridgehead atoms. The van der Waals surface area contributed by atoms with Crippen LogP contribution < -0.4 is 0 Å². The topological polar surface area (TPSA) is 0 Å². The molecule has 0 aromatic heterocycles. The van der Waals surface area contributed by atoms with Crippen LogP contribution in [0.4, 0.5) is 13.2 Å². The summed E-state index contributed by atoms with van der Waals surface area (Å²) >= 11 is 0. The van der Waals surface area contributed by atoms with Gasteiger partial charge in [-0.15, -0.1) is 0 Å². The molecule has 5 rings (SSSR count). The third-order valence-electron chi connectivity index (χ3n) is 10.3. The molecular formula is C40H49F3. The van der Waals surface area contributed by atoms with Gasteiger partial charge < -0.3 is 0 Å². The molecule has 0 heterocycles. The van der Waals surface area contributed by atoms with Gasteiger partial charge in [0.2, 0.25) is 0 Å². The first-order valence-corrected chi connectivity index (χ1v) is 17.0. The zero-order chi connectivity index (χ0) is 30.2. The van der Waals surface area contributed by atoms with Crippen molar-refractivity contribution in [2.45, 2.75) is 110 Å². The summed E-state index contributed by atoms with van der Waals surface area (Å²) in [5, 5.41) is 0. The molecule has 0 amide bonds. The van der Waals surface area contributed by atoms with Crippen LogP contribution >= 0.6 is 0 Å². The van der Waals surface area contributed by atoms with Crippen LogP contribution in [0.3, 0.4) is 0 Å². The monoisotopic (exact) mass is 586 g/mol. The second-order valence-electron chi connectivity index (χ2n) is 13.2. The van der Waals surface area contributed by atoms with Crippen molar-refractivity contribution in [3.63, 3.8) is 0 Å². The first-order chi connectivity index (χ1) is 21.0. The van der Waals surface area contributed by atoms with E-state index in [1.165, 1.54) is 51.4 Å². The molecule has 2 aliphatic carbocycles. The van der Waals surface area contributed by atoms with E-state index in [9.17, 15) is 8.78 Å². The van der Waals surface area contributed by atoms with Gasteiger partial charge in [-0.25, -0.2) is 13.2 Å². The molecule has 0 saturated heterocycles. The van der Waals surface area contributed by atoms with Crippen molar-refractivity contribution in [3.8, 4) is 22.3 Å². The summed E-state index contributed by atoms with van der Waals surface area (Å²) in [7, 11) is 0. The van der Waals surface area contributed by atoms with Gasteiger partial charge in [0.05, 0.1) is 0 Å². The van der Waals surface area contributed by atoms with Crippen molar-refractivity contribution < 1.29 is 13.2 Å². The van der Waals surface area contributed by atoms with E-state index in [1.54, 1.807) is 30.3 Å². The largest absolute Gasteiger partial charge is 0.206 e. The Hall–Kier alpha value is -2.81. The molecule has 43 heavy (non-hydrogen) atoms. The summed E-state index contributed by atoms with van der Waals surface area (Å²) < 4.78 is 45.0. The molecule has 0 radical (unpaired) electrons. The number of allylic oxidation sites excluding steroid dienone is 2. The van der Waals surface area contributed by atoms with Gasteiger partial charge in [0, 0.05) is 11.1 Å². The fourth-order valence-electron chi connectivity index (χ4n) is 7.53. The molecule has 3 aromatic rings. The van der Waals surface area contributed by atoms with Crippen LogP contribution in [0.25, 0.3) is 27.8 Å². The molecule has 2 aliphatic rings. The van der Waals surface area contributed by atoms with E-state index in [1.807, 2.05) is 24.3 Å². The molecule has 1 saturated carbocycles. The molecule has 1 fully saturated rings. The van der Waals surface area contributed by atoms with Crippen molar-refractivity contribution in [2.75, 3.05) is 0 Å². The third kappa shape index (κ3) is 7.83. The highest BCUT2D eigenvalue weighted by Gasteiger charge is 2.29. The Morgan fingerprint density at radius 1 is 0.628 bits per heavy atom. The van der Waals surface area contributed by atoms with Gasteiger partial charge in [0.1, 0.15) is 5.82 Å². The van der Waals surface area contributed by atoms with Crippen LogP contribution in [0.5, 0.6) is 0 Å². The molecule has 1 unspecified atom stereocenters. The average Bonchev–Trinajstić information content (AvgIpc) is 3.04. The van der Waals surface area contributed by atoms with Crippen molar-refractivity contribution in [2.24, 2.45) is 17.8 Å². The lowest BCUT2D eigenvalue weighted by atomic mass is 9.70. The molecule has 0 N–H and O–H groups in total. The summed E-state index contributed by atoms with van der Waals surface area (Å²) in [5.41, 5.74) is 4.81. The Morgan fingerprint density at radius 3 is 1.98 bits per heavy atom. The second kappa shape index (κ2) is 15.3. The van der Waals surface area contributed by atoms with Gasteiger partial charge in [0.25, 0.3) is 0 Å². The lowest BCUT2D eigenvalue weighted by molar-refractivity contribution is 0.187. The Labute approximate surface area is 257 Å². The standard InChI is InChI=1S/C40H49F3/c1-3-5-7-9-28-11-13-29(14-12-28)30-15-19-32(20-16-30)36-25-24-35(27-38(36)41)31-17-21-33(22-18-31)37-26-23-34(10-8-6-4-2)39(42)40(37)43/h17-19,21-30H,3-16,20H2,1-2H3. The van der Waals surface area contributed by atoms with Gasteiger partial charge in [-0.05, 0) is 96.6 Å². The zero-order valence-electron chi connectivity index (χ0n) is 26.2. The summed E-state index contributed by atoms with van der Waals surface area (Å²) in [4.78, 5) is 0. The van der Waals surface area contributed by atoms with E-state index < -0.39 is 11.6 Å². The summed E-state index contributed by atoms with van der Waals surface area (Å²) in [6, 6.07) is 16.2. The number of hydrogen-bond acceptors (Lipinski definition) is 0. The highest BCUT2D eigenvalue weighted by atomic mass is 19.2. The quantitative estimate of drug-likeness (QED) is 0.185. The van der Waals surface area contributed by atoms with E-state index in [2.05, 4.69) is 19.9 Å². The van der Waals surface area contributed by atoms with Gasteiger partial charge in [-0.1, -0.05) is 120 Å². The highest BCUT2D eigenvalue weighted by Crippen LogP contribution is 2.43. The third-order valence-corrected chi connectivity index (χ3v) is 10.3. The van der Waals surface area contributed by atoms with Crippen molar-refractivity contribution in [1.29, 1.82) is 0 Å². The molecule has 1 atom stereocenters. The fraction of sp³-hybridized carbons (Fsp3) is 0.500. The first-order valence-electron chi connectivity index (χ1n) is 17.0. The SMILES string of the molecule is CCCCCc1ccc(-c2ccc(-c3ccc(C4=CCC(C5CCC(CCCCC)CC5)CC4)c(F)c3)cc2)c(F)c1F. The first kappa shape index (κ1) is 31.6. The number of benzene rings is 3. The van der Waals surface area contributed by atoms with Crippen LogP contribution in [-0.2, 0) is 6.42 Å². The maximum atomic E-state index is 15.4. The maximum Gasteiger partial charge on any atom is 0.166 e. The Balaban J connectivity index is 1.20. The van der Waals surface area contributed by atoms with Gasteiger partial charge in [-0.2, -0.15) is 0 Å². The lowest BCUT2D eigenvalue weighted by Crippen LogP contribution is -2.23. The van der Waals surface area contributed by atoms with Crippen molar-refractivity contribution in [3.05, 3.63) is 89.3 Å². The second-order valence-corrected chi connectivity index (χ2v) is 13.2. The Kier molecular flexibility index (Phi) is 11.2. The van der Waals surface area contributed by atoms with Gasteiger partial charge in [-0.3, -0.25) is 0 Å². The van der Waals surface area contributed by atoms with Crippen LogP contribution in [0.1, 0.15) is 115 Å².